The summed E-state index contributed by atoms with van der Waals surface area (Å²) in [6, 6.07) is -0.844. The first-order chi connectivity index (χ1) is 8.08. The molecule has 2 atom stereocenters. The van der Waals surface area contributed by atoms with Crippen molar-refractivity contribution in [3.63, 3.8) is 0 Å². The van der Waals surface area contributed by atoms with Crippen molar-refractivity contribution in [3.8, 4) is 0 Å². The summed E-state index contributed by atoms with van der Waals surface area (Å²) in [5.41, 5.74) is 0. The van der Waals surface area contributed by atoms with Gasteiger partial charge in [-0.15, -0.1) is 0 Å². The third kappa shape index (κ3) is 3.81. The zero-order valence-corrected chi connectivity index (χ0v) is 9.77. The quantitative estimate of drug-likeness (QED) is 0.643. The fourth-order valence-corrected chi connectivity index (χ4v) is 2.06. The van der Waals surface area contributed by atoms with Crippen LogP contribution >= 0.6 is 0 Å². The maximum atomic E-state index is 11.5. The molecular formula is C11H17NO5. The normalized spacial score (nSPS) is 21.8. The van der Waals surface area contributed by atoms with Gasteiger partial charge in [-0.1, -0.05) is 0 Å². The van der Waals surface area contributed by atoms with Gasteiger partial charge in [0.1, 0.15) is 18.4 Å². The minimum absolute atomic E-state index is 0.0911. The Morgan fingerprint density at radius 1 is 1.59 bits per heavy atom. The summed E-state index contributed by atoms with van der Waals surface area (Å²) >= 11 is 0. The Hall–Kier alpha value is -1.43. The van der Waals surface area contributed by atoms with Crippen LogP contribution in [0.25, 0.3) is 0 Å². The van der Waals surface area contributed by atoms with Crippen LogP contribution in [-0.4, -0.2) is 42.5 Å². The lowest BCUT2D eigenvalue weighted by Gasteiger charge is -2.28. The molecule has 0 aromatic heterocycles. The SMILES string of the molecule is COC(=O)[C@H](NC(=O)CO)[C@H]1CCCC(=O)C1. The topological polar surface area (TPSA) is 92.7 Å². The zero-order chi connectivity index (χ0) is 12.8. The number of aliphatic hydroxyl groups excluding tert-OH is 1. The van der Waals surface area contributed by atoms with Gasteiger partial charge in [0.05, 0.1) is 7.11 Å². The van der Waals surface area contributed by atoms with Crippen molar-refractivity contribution in [2.45, 2.75) is 31.7 Å². The fraction of sp³-hybridized carbons (Fsp3) is 0.727. The number of ketones is 1. The molecule has 2 N–H and O–H groups in total. The zero-order valence-electron chi connectivity index (χ0n) is 9.77. The number of amides is 1. The van der Waals surface area contributed by atoms with Gasteiger partial charge in [0.25, 0.3) is 0 Å². The Labute approximate surface area is 99.3 Å². The van der Waals surface area contributed by atoms with Gasteiger partial charge < -0.3 is 15.2 Å². The van der Waals surface area contributed by atoms with Crippen LogP contribution in [0.2, 0.25) is 0 Å². The van der Waals surface area contributed by atoms with Crippen molar-refractivity contribution in [3.05, 3.63) is 0 Å². The largest absolute Gasteiger partial charge is 0.467 e. The summed E-state index contributed by atoms with van der Waals surface area (Å²) in [6.07, 6.45) is 2.20. The molecular weight excluding hydrogens is 226 g/mol. The minimum atomic E-state index is -0.844. The summed E-state index contributed by atoms with van der Waals surface area (Å²) < 4.78 is 4.60. The van der Waals surface area contributed by atoms with Crippen molar-refractivity contribution in [1.29, 1.82) is 0 Å². The van der Waals surface area contributed by atoms with E-state index in [1.807, 2.05) is 0 Å². The molecule has 6 nitrogen and oxygen atoms in total. The first-order valence-electron chi connectivity index (χ1n) is 5.58. The van der Waals surface area contributed by atoms with Gasteiger partial charge in [0.15, 0.2) is 0 Å². The van der Waals surface area contributed by atoms with Gasteiger partial charge in [-0.25, -0.2) is 4.79 Å². The highest BCUT2D eigenvalue weighted by molar-refractivity contribution is 5.86. The predicted octanol–water partition coefficient (Wildman–Crippen LogP) is -0.604. The molecule has 17 heavy (non-hydrogen) atoms. The third-order valence-corrected chi connectivity index (χ3v) is 2.91. The second-order valence-electron chi connectivity index (χ2n) is 4.12. The molecule has 0 heterocycles. The van der Waals surface area contributed by atoms with E-state index in [1.54, 1.807) is 0 Å². The highest BCUT2D eigenvalue weighted by Crippen LogP contribution is 2.25. The maximum Gasteiger partial charge on any atom is 0.328 e. The van der Waals surface area contributed by atoms with E-state index in [0.717, 1.165) is 0 Å². The molecule has 1 fully saturated rings. The van der Waals surface area contributed by atoms with Crippen LogP contribution in [0.3, 0.4) is 0 Å². The molecule has 0 unspecified atom stereocenters. The average molecular weight is 243 g/mol. The molecule has 1 saturated carbocycles. The fourth-order valence-electron chi connectivity index (χ4n) is 2.06. The lowest BCUT2D eigenvalue weighted by Crippen LogP contribution is -2.48. The molecule has 1 aliphatic carbocycles. The first kappa shape index (κ1) is 13.6. The number of methoxy groups -OCH3 is 1. The molecule has 1 rings (SSSR count). The van der Waals surface area contributed by atoms with Gasteiger partial charge in [0.2, 0.25) is 5.91 Å². The lowest BCUT2D eigenvalue weighted by molar-refractivity contribution is -0.147. The van der Waals surface area contributed by atoms with Gasteiger partial charge >= 0.3 is 5.97 Å². The molecule has 0 aliphatic heterocycles. The Morgan fingerprint density at radius 3 is 2.82 bits per heavy atom. The van der Waals surface area contributed by atoms with Crippen molar-refractivity contribution >= 4 is 17.7 Å². The highest BCUT2D eigenvalue weighted by atomic mass is 16.5. The van der Waals surface area contributed by atoms with Crippen molar-refractivity contribution in [1.82, 2.24) is 5.32 Å². The molecule has 0 saturated heterocycles. The molecule has 0 aromatic carbocycles. The summed E-state index contributed by atoms with van der Waals surface area (Å²) in [6.45, 7) is -0.686. The van der Waals surface area contributed by atoms with E-state index in [1.165, 1.54) is 7.11 Å². The number of hydrogen-bond acceptors (Lipinski definition) is 5. The van der Waals surface area contributed by atoms with E-state index in [2.05, 4.69) is 10.1 Å². The van der Waals surface area contributed by atoms with Crippen LogP contribution in [0.1, 0.15) is 25.7 Å². The Balaban J connectivity index is 2.70. The summed E-state index contributed by atoms with van der Waals surface area (Å²) in [5, 5.41) is 11.0. The van der Waals surface area contributed by atoms with Crippen molar-refractivity contribution in [2.24, 2.45) is 5.92 Å². The lowest BCUT2D eigenvalue weighted by atomic mass is 9.83. The maximum absolute atomic E-state index is 11.5. The molecule has 0 aromatic rings. The van der Waals surface area contributed by atoms with Crippen LogP contribution in [0.15, 0.2) is 0 Å². The molecule has 1 amide bonds. The number of nitrogens with one attached hydrogen (secondary N) is 1. The highest BCUT2D eigenvalue weighted by Gasteiger charge is 2.33. The number of hydrogen-bond donors (Lipinski definition) is 2. The number of Topliss-reactive ketones (excluding diaryl/α,β-unsaturated/α-hetero) is 1. The van der Waals surface area contributed by atoms with Crippen LogP contribution < -0.4 is 5.32 Å². The van der Waals surface area contributed by atoms with Crippen LogP contribution in [0.4, 0.5) is 0 Å². The van der Waals surface area contributed by atoms with E-state index >= 15 is 0 Å². The molecule has 96 valence electrons. The van der Waals surface area contributed by atoms with E-state index in [4.69, 9.17) is 5.11 Å². The van der Waals surface area contributed by atoms with Crippen LogP contribution in [0.5, 0.6) is 0 Å². The number of aliphatic hydroxyl groups is 1. The molecule has 6 heteroatoms. The van der Waals surface area contributed by atoms with E-state index < -0.39 is 24.5 Å². The Bertz CT molecular complexity index is 315. The second-order valence-corrected chi connectivity index (χ2v) is 4.12. The van der Waals surface area contributed by atoms with Crippen molar-refractivity contribution < 1.29 is 24.2 Å². The number of esters is 1. The number of carbonyl (C=O) groups is 3. The van der Waals surface area contributed by atoms with Crippen LogP contribution in [-0.2, 0) is 19.1 Å². The molecule has 1 aliphatic rings. The van der Waals surface area contributed by atoms with Gasteiger partial charge in [-0.3, -0.25) is 9.59 Å². The van der Waals surface area contributed by atoms with Gasteiger partial charge in [-0.05, 0) is 18.8 Å². The molecule has 0 radical (unpaired) electrons. The monoisotopic (exact) mass is 243 g/mol. The van der Waals surface area contributed by atoms with Crippen molar-refractivity contribution in [2.75, 3.05) is 13.7 Å². The number of ether oxygens (including phenoxy) is 1. The molecule has 0 bridgehead atoms. The Kier molecular flexibility index (Phi) is 5.09. The number of carbonyl (C=O) groups excluding carboxylic acids is 3. The predicted molar refractivity (Wildman–Crippen MR) is 58.0 cm³/mol. The number of rotatable bonds is 4. The standard InChI is InChI=1S/C11H17NO5/c1-17-11(16)10(12-9(15)6-13)7-3-2-4-8(14)5-7/h7,10,13H,2-6H2,1H3,(H,12,15)/t7-,10+/m0/s1. The summed E-state index contributed by atoms with van der Waals surface area (Å²) in [5.74, 6) is -1.36. The summed E-state index contributed by atoms with van der Waals surface area (Å²) in [4.78, 5) is 34.0. The first-order valence-corrected chi connectivity index (χ1v) is 5.58. The molecule has 0 spiro atoms. The van der Waals surface area contributed by atoms with E-state index in [9.17, 15) is 14.4 Å². The Morgan fingerprint density at radius 2 is 2.29 bits per heavy atom. The van der Waals surface area contributed by atoms with Gasteiger partial charge in [-0.2, -0.15) is 0 Å². The summed E-state index contributed by atoms with van der Waals surface area (Å²) in [7, 11) is 1.23. The van der Waals surface area contributed by atoms with E-state index in [0.29, 0.717) is 19.3 Å². The average Bonchev–Trinajstić information content (AvgIpc) is 2.34. The second kappa shape index (κ2) is 6.34. The van der Waals surface area contributed by atoms with E-state index in [-0.39, 0.29) is 18.1 Å². The third-order valence-electron chi connectivity index (χ3n) is 2.91. The van der Waals surface area contributed by atoms with Crippen LogP contribution in [0, 0.1) is 5.92 Å². The van der Waals surface area contributed by atoms with Gasteiger partial charge in [0, 0.05) is 12.8 Å². The smallest absolute Gasteiger partial charge is 0.328 e. The minimum Gasteiger partial charge on any atom is -0.467 e.